The molecule has 9 nitrogen and oxygen atoms in total. The maximum Gasteiger partial charge on any atom is 0.237 e. The molecular formula is C36H44ClN5O4. The first kappa shape index (κ1) is 32.1. The lowest BCUT2D eigenvalue weighted by Crippen LogP contribution is -2.39. The zero-order valence-electron chi connectivity index (χ0n) is 27.5. The number of hydrogen-bond acceptors (Lipinski definition) is 7. The fourth-order valence-electron chi connectivity index (χ4n) is 7.16. The third-order valence-electron chi connectivity index (χ3n) is 9.56. The van der Waals surface area contributed by atoms with E-state index in [2.05, 4.69) is 16.8 Å². The van der Waals surface area contributed by atoms with Crippen LogP contribution in [-0.4, -0.2) is 79.7 Å². The number of halogens is 1. The van der Waals surface area contributed by atoms with Gasteiger partial charge in [-0.2, -0.15) is 0 Å². The van der Waals surface area contributed by atoms with Gasteiger partial charge in [0.1, 0.15) is 5.82 Å². The topological polar surface area (TPSA) is 78.5 Å². The molecule has 1 saturated carbocycles. The second kappa shape index (κ2) is 13.5. The molecule has 0 atom stereocenters. The highest BCUT2D eigenvalue weighted by atomic mass is 35.5. The van der Waals surface area contributed by atoms with Gasteiger partial charge in [-0.1, -0.05) is 23.7 Å². The average Bonchev–Trinajstić information content (AvgIpc) is 3.38. The summed E-state index contributed by atoms with van der Waals surface area (Å²) in [5.41, 5.74) is 4.52. The number of ether oxygens (including phenoxy) is 2. The lowest BCUT2D eigenvalue weighted by molar-refractivity contribution is -0.125. The summed E-state index contributed by atoms with van der Waals surface area (Å²) in [6.45, 7) is 6.62. The van der Waals surface area contributed by atoms with Crippen LogP contribution >= 0.6 is 11.6 Å². The molecule has 0 unspecified atom stereocenters. The molecule has 1 aromatic heterocycles. The normalized spacial score (nSPS) is 20.3. The Kier molecular flexibility index (Phi) is 9.43. The van der Waals surface area contributed by atoms with Gasteiger partial charge in [0.15, 0.2) is 11.5 Å². The molecule has 3 aromatic rings. The van der Waals surface area contributed by atoms with Gasteiger partial charge in [0, 0.05) is 37.3 Å². The highest BCUT2D eigenvalue weighted by Gasteiger charge is 2.34. The van der Waals surface area contributed by atoms with Crippen LogP contribution in [0.2, 0.25) is 5.02 Å². The first-order chi connectivity index (χ1) is 22.1. The maximum atomic E-state index is 13.7. The molecule has 1 aliphatic carbocycles. The molecule has 0 bridgehead atoms. The van der Waals surface area contributed by atoms with Crippen LogP contribution in [0.3, 0.4) is 0 Å². The number of hydrogen-bond donors (Lipinski definition) is 0. The number of rotatable bonds is 9. The predicted molar refractivity (Wildman–Crippen MR) is 182 cm³/mol. The second-order valence-corrected chi connectivity index (χ2v) is 13.6. The maximum absolute atomic E-state index is 13.7. The summed E-state index contributed by atoms with van der Waals surface area (Å²) < 4.78 is 12.1. The number of carbonyl (C=O) groups is 2. The molecule has 1 saturated heterocycles. The van der Waals surface area contributed by atoms with Crippen molar-refractivity contribution in [2.24, 2.45) is 5.92 Å². The van der Waals surface area contributed by atoms with Crippen LogP contribution in [-0.2, 0) is 22.6 Å². The highest BCUT2D eigenvalue weighted by Crippen LogP contribution is 2.45. The van der Waals surface area contributed by atoms with E-state index in [0.29, 0.717) is 41.6 Å². The zero-order chi connectivity index (χ0) is 32.5. The Labute approximate surface area is 277 Å². The van der Waals surface area contributed by atoms with Gasteiger partial charge in [-0.3, -0.25) is 14.5 Å². The largest absolute Gasteiger partial charge is 0.492 e. The van der Waals surface area contributed by atoms with Gasteiger partial charge in [0.2, 0.25) is 11.8 Å². The fraction of sp³-hybridized carbons (Fsp3) is 0.472. The Balaban J connectivity index is 1.16. The molecule has 0 spiro atoms. The molecule has 0 N–H and O–H groups in total. The minimum absolute atomic E-state index is 0.00727. The molecule has 10 heteroatoms. The van der Waals surface area contributed by atoms with E-state index in [1.807, 2.05) is 74.5 Å². The molecule has 46 heavy (non-hydrogen) atoms. The van der Waals surface area contributed by atoms with E-state index >= 15 is 0 Å². The molecular weight excluding hydrogens is 602 g/mol. The highest BCUT2D eigenvalue weighted by molar-refractivity contribution is 6.30. The number of carbonyl (C=O) groups excluding carboxylic acids is 2. The third-order valence-corrected chi connectivity index (χ3v) is 9.81. The molecule has 2 aromatic carbocycles. The van der Waals surface area contributed by atoms with Crippen molar-refractivity contribution in [1.29, 1.82) is 0 Å². The number of benzene rings is 2. The van der Waals surface area contributed by atoms with Gasteiger partial charge in [0.25, 0.3) is 0 Å². The fourth-order valence-corrected chi connectivity index (χ4v) is 7.28. The van der Waals surface area contributed by atoms with Crippen molar-refractivity contribution in [1.82, 2.24) is 14.8 Å². The molecule has 3 heterocycles. The van der Waals surface area contributed by atoms with E-state index < -0.39 is 0 Å². The van der Waals surface area contributed by atoms with Gasteiger partial charge < -0.3 is 24.2 Å². The molecule has 244 valence electrons. The molecule has 6 rings (SSSR count). The number of amides is 2. The molecule has 2 amide bonds. The molecule has 3 aliphatic rings. The van der Waals surface area contributed by atoms with E-state index in [9.17, 15) is 9.59 Å². The number of anilines is 2. The van der Waals surface area contributed by atoms with Crippen LogP contribution in [0.5, 0.6) is 11.5 Å². The second-order valence-electron chi connectivity index (χ2n) is 13.2. The summed E-state index contributed by atoms with van der Waals surface area (Å²) in [6, 6.07) is 14.1. The average molecular weight is 646 g/mol. The van der Waals surface area contributed by atoms with Gasteiger partial charge >= 0.3 is 0 Å². The van der Waals surface area contributed by atoms with Crippen molar-refractivity contribution in [2.45, 2.75) is 64.6 Å². The van der Waals surface area contributed by atoms with Crippen molar-refractivity contribution >= 4 is 34.9 Å². The lowest BCUT2D eigenvalue weighted by atomic mass is 9.85. The number of likely N-dealkylation sites (N-methyl/N-ethyl adjacent to an activating group) is 1. The standard InChI is InChI=1S/C36H44ClN5O4/c1-23(2)46-31-16-26-20-42(33(43)17-30(26)35(36(31)45-5)25-8-10-27(37)11-9-25)29-14-15-32(38-18-29)39(3)19-24-6-12-28(13-7-24)41-21-34(44)40(4)22-41/h8-11,14-16,18,23-24,28H,6-7,12-13,17,19-22H2,1-5H3/t24-,28-. The van der Waals surface area contributed by atoms with Gasteiger partial charge in [-0.25, -0.2) is 4.98 Å². The van der Waals surface area contributed by atoms with Crippen molar-refractivity contribution in [3.05, 3.63) is 64.8 Å². The van der Waals surface area contributed by atoms with Crippen LogP contribution in [0.25, 0.3) is 11.1 Å². The smallest absolute Gasteiger partial charge is 0.237 e. The first-order valence-electron chi connectivity index (χ1n) is 16.2. The SMILES string of the molecule is COc1c(OC(C)C)cc2c(c1-c1ccc(Cl)cc1)CC(=O)N(c1ccc(N(C)C[C@H]3CC[C@H](N4CC(=O)N(C)C4)CC3)nc1)C2. The number of nitrogens with zero attached hydrogens (tertiary/aromatic N) is 5. The summed E-state index contributed by atoms with van der Waals surface area (Å²) in [6.07, 6.45) is 6.54. The van der Waals surface area contributed by atoms with Gasteiger partial charge in [-0.05, 0) is 92.5 Å². The number of aromatic nitrogens is 1. The number of pyridine rings is 1. The Morgan fingerprint density at radius 2 is 1.76 bits per heavy atom. The molecule has 2 fully saturated rings. The first-order valence-corrected chi connectivity index (χ1v) is 16.6. The third kappa shape index (κ3) is 6.67. The summed E-state index contributed by atoms with van der Waals surface area (Å²) in [4.78, 5) is 38.6. The monoisotopic (exact) mass is 645 g/mol. The predicted octanol–water partition coefficient (Wildman–Crippen LogP) is 6.01. The summed E-state index contributed by atoms with van der Waals surface area (Å²) >= 11 is 6.20. The van der Waals surface area contributed by atoms with Crippen LogP contribution in [0.1, 0.15) is 50.7 Å². The number of fused-ring (bicyclic) bond motifs is 1. The van der Waals surface area contributed by atoms with Crippen molar-refractivity contribution in [2.75, 3.05) is 50.8 Å². The van der Waals surface area contributed by atoms with E-state index in [1.54, 1.807) is 12.0 Å². The Hall–Kier alpha value is -3.82. The van der Waals surface area contributed by atoms with E-state index in [4.69, 9.17) is 26.1 Å². The van der Waals surface area contributed by atoms with Crippen molar-refractivity contribution < 1.29 is 19.1 Å². The Bertz CT molecular complexity index is 1570. The number of methoxy groups -OCH3 is 1. The Morgan fingerprint density at radius 1 is 1.02 bits per heavy atom. The minimum Gasteiger partial charge on any atom is -0.492 e. The summed E-state index contributed by atoms with van der Waals surface area (Å²) in [7, 11) is 5.61. The summed E-state index contributed by atoms with van der Waals surface area (Å²) in [5, 5.41) is 0.645. The van der Waals surface area contributed by atoms with Gasteiger partial charge in [0.05, 0.1) is 51.3 Å². The molecule has 0 radical (unpaired) electrons. The minimum atomic E-state index is -0.0483. The van der Waals surface area contributed by atoms with E-state index in [-0.39, 0.29) is 24.3 Å². The van der Waals surface area contributed by atoms with Crippen LogP contribution in [0.4, 0.5) is 11.5 Å². The van der Waals surface area contributed by atoms with E-state index in [1.165, 1.54) is 0 Å². The van der Waals surface area contributed by atoms with E-state index in [0.717, 1.165) is 72.7 Å². The van der Waals surface area contributed by atoms with Crippen LogP contribution < -0.4 is 19.3 Å². The lowest BCUT2D eigenvalue weighted by Gasteiger charge is -2.35. The van der Waals surface area contributed by atoms with Crippen LogP contribution in [0.15, 0.2) is 48.7 Å². The van der Waals surface area contributed by atoms with Crippen molar-refractivity contribution in [3.63, 3.8) is 0 Å². The van der Waals surface area contributed by atoms with Crippen LogP contribution in [0, 0.1) is 5.92 Å². The van der Waals surface area contributed by atoms with Crippen molar-refractivity contribution in [3.8, 4) is 22.6 Å². The Morgan fingerprint density at radius 3 is 2.37 bits per heavy atom. The van der Waals surface area contributed by atoms with Gasteiger partial charge in [-0.15, -0.1) is 0 Å². The molecule has 2 aliphatic heterocycles. The quantitative estimate of drug-likeness (QED) is 0.282. The summed E-state index contributed by atoms with van der Waals surface area (Å²) in [5.74, 6) is 2.99. The zero-order valence-corrected chi connectivity index (χ0v) is 28.2.